The Morgan fingerprint density at radius 1 is 1.56 bits per heavy atom. The Balaban J connectivity index is 2.27. The highest BCUT2D eigenvalue weighted by molar-refractivity contribution is 6.18. The molecule has 16 heavy (non-hydrogen) atoms. The molecular formula is C12H14ClFO2. The van der Waals surface area contributed by atoms with Crippen LogP contribution in [0.1, 0.15) is 18.1 Å². The average molecular weight is 245 g/mol. The Labute approximate surface area is 99.3 Å². The summed E-state index contributed by atoms with van der Waals surface area (Å²) in [6.07, 6.45) is -0.1000. The summed E-state index contributed by atoms with van der Waals surface area (Å²) in [5.41, 5.74) is 1.40. The van der Waals surface area contributed by atoms with Gasteiger partial charge in [-0.3, -0.25) is 0 Å². The molecule has 1 aromatic rings. The SMILES string of the molecule is Cc1cc(C2(C)OCC(CCl)O2)ccc1F. The highest BCUT2D eigenvalue weighted by Gasteiger charge is 2.38. The van der Waals surface area contributed by atoms with Crippen molar-refractivity contribution in [3.8, 4) is 0 Å². The van der Waals surface area contributed by atoms with Gasteiger partial charge in [-0.2, -0.15) is 0 Å². The van der Waals surface area contributed by atoms with E-state index in [2.05, 4.69) is 0 Å². The second-order valence-electron chi connectivity index (χ2n) is 4.11. The van der Waals surface area contributed by atoms with E-state index in [4.69, 9.17) is 21.1 Å². The van der Waals surface area contributed by atoms with Gasteiger partial charge in [-0.05, 0) is 31.5 Å². The molecule has 1 heterocycles. The molecule has 0 bridgehead atoms. The zero-order chi connectivity index (χ0) is 11.8. The number of halogens is 2. The molecule has 0 radical (unpaired) electrons. The minimum Gasteiger partial charge on any atom is -0.343 e. The zero-order valence-corrected chi connectivity index (χ0v) is 10.1. The molecule has 88 valence electrons. The third-order valence-corrected chi connectivity index (χ3v) is 3.13. The summed E-state index contributed by atoms with van der Waals surface area (Å²) in [4.78, 5) is 0. The van der Waals surface area contributed by atoms with Gasteiger partial charge >= 0.3 is 0 Å². The number of aryl methyl sites for hydroxylation is 1. The fraction of sp³-hybridized carbons (Fsp3) is 0.500. The zero-order valence-electron chi connectivity index (χ0n) is 9.30. The van der Waals surface area contributed by atoms with E-state index < -0.39 is 5.79 Å². The maximum absolute atomic E-state index is 13.2. The predicted octanol–water partition coefficient (Wildman–Crippen LogP) is 2.96. The van der Waals surface area contributed by atoms with Crippen LogP contribution in [0.2, 0.25) is 0 Å². The first-order valence-corrected chi connectivity index (χ1v) is 5.73. The van der Waals surface area contributed by atoms with Crippen LogP contribution in [-0.2, 0) is 15.3 Å². The van der Waals surface area contributed by atoms with Crippen LogP contribution in [0.15, 0.2) is 18.2 Å². The Hall–Kier alpha value is -0.640. The lowest BCUT2D eigenvalue weighted by molar-refractivity contribution is -0.159. The molecule has 1 aromatic carbocycles. The third kappa shape index (κ3) is 2.08. The highest BCUT2D eigenvalue weighted by Crippen LogP contribution is 2.34. The minimum absolute atomic E-state index is 0.1000. The average Bonchev–Trinajstić information content (AvgIpc) is 2.66. The van der Waals surface area contributed by atoms with Crippen molar-refractivity contribution >= 4 is 11.6 Å². The van der Waals surface area contributed by atoms with Gasteiger partial charge in [-0.25, -0.2) is 4.39 Å². The molecule has 1 saturated heterocycles. The van der Waals surface area contributed by atoms with Crippen molar-refractivity contribution in [2.24, 2.45) is 0 Å². The molecular weight excluding hydrogens is 231 g/mol. The third-order valence-electron chi connectivity index (χ3n) is 2.79. The summed E-state index contributed by atoms with van der Waals surface area (Å²) in [5, 5.41) is 0. The van der Waals surface area contributed by atoms with Gasteiger partial charge in [0.2, 0.25) is 0 Å². The number of hydrogen-bond acceptors (Lipinski definition) is 2. The van der Waals surface area contributed by atoms with Gasteiger partial charge in [0.15, 0.2) is 5.79 Å². The van der Waals surface area contributed by atoms with Crippen LogP contribution in [0, 0.1) is 12.7 Å². The van der Waals surface area contributed by atoms with Gasteiger partial charge < -0.3 is 9.47 Å². The number of rotatable bonds is 2. The first-order chi connectivity index (χ1) is 7.55. The van der Waals surface area contributed by atoms with E-state index in [-0.39, 0.29) is 11.9 Å². The second kappa shape index (κ2) is 4.32. The molecule has 2 atom stereocenters. The van der Waals surface area contributed by atoms with Crippen molar-refractivity contribution in [3.63, 3.8) is 0 Å². The van der Waals surface area contributed by atoms with Gasteiger partial charge in [0.1, 0.15) is 5.82 Å². The molecule has 0 spiro atoms. The van der Waals surface area contributed by atoms with Crippen molar-refractivity contribution in [2.75, 3.05) is 12.5 Å². The largest absolute Gasteiger partial charge is 0.343 e. The van der Waals surface area contributed by atoms with Crippen LogP contribution in [-0.4, -0.2) is 18.6 Å². The molecule has 0 aliphatic carbocycles. The molecule has 2 rings (SSSR count). The fourth-order valence-corrected chi connectivity index (χ4v) is 1.94. The molecule has 1 fully saturated rings. The molecule has 4 heteroatoms. The normalized spacial score (nSPS) is 29.6. The van der Waals surface area contributed by atoms with Gasteiger partial charge in [0.05, 0.1) is 18.6 Å². The van der Waals surface area contributed by atoms with Gasteiger partial charge in [0.25, 0.3) is 0 Å². The van der Waals surface area contributed by atoms with Crippen molar-refractivity contribution in [3.05, 3.63) is 35.1 Å². The number of hydrogen-bond donors (Lipinski definition) is 0. The summed E-state index contributed by atoms with van der Waals surface area (Å²) in [6, 6.07) is 4.85. The van der Waals surface area contributed by atoms with Crippen molar-refractivity contribution in [1.82, 2.24) is 0 Å². The maximum Gasteiger partial charge on any atom is 0.192 e. The lowest BCUT2D eigenvalue weighted by atomic mass is 10.0. The van der Waals surface area contributed by atoms with E-state index in [1.165, 1.54) is 6.07 Å². The summed E-state index contributed by atoms with van der Waals surface area (Å²) in [5.74, 6) is -0.632. The van der Waals surface area contributed by atoms with E-state index in [0.717, 1.165) is 5.56 Å². The van der Waals surface area contributed by atoms with Crippen LogP contribution in [0.4, 0.5) is 4.39 Å². The van der Waals surface area contributed by atoms with Crippen molar-refractivity contribution in [2.45, 2.75) is 25.7 Å². The van der Waals surface area contributed by atoms with Crippen LogP contribution >= 0.6 is 11.6 Å². The Morgan fingerprint density at radius 3 is 2.88 bits per heavy atom. The molecule has 0 saturated carbocycles. The number of alkyl halides is 1. The molecule has 0 N–H and O–H groups in total. The van der Waals surface area contributed by atoms with E-state index in [0.29, 0.717) is 18.1 Å². The fourth-order valence-electron chi connectivity index (χ4n) is 1.79. The molecule has 1 aliphatic rings. The topological polar surface area (TPSA) is 18.5 Å². The Morgan fingerprint density at radius 2 is 2.31 bits per heavy atom. The van der Waals surface area contributed by atoms with Crippen LogP contribution in [0.5, 0.6) is 0 Å². The highest BCUT2D eigenvalue weighted by atomic mass is 35.5. The van der Waals surface area contributed by atoms with E-state index in [9.17, 15) is 4.39 Å². The standard InChI is InChI=1S/C12H14ClFO2/c1-8-5-9(3-4-11(8)14)12(2)15-7-10(6-13)16-12/h3-5,10H,6-7H2,1-2H3. The van der Waals surface area contributed by atoms with Crippen LogP contribution in [0.25, 0.3) is 0 Å². The van der Waals surface area contributed by atoms with E-state index >= 15 is 0 Å². The summed E-state index contributed by atoms with van der Waals surface area (Å²) in [6.45, 7) is 4.01. The monoisotopic (exact) mass is 244 g/mol. The van der Waals surface area contributed by atoms with Crippen molar-refractivity contribution in [1.29, 1.82) is 0 Å². The Bertz CT molecular complexity index is 397. The first-order valence-electron chi connectivity index (χ1n) is 5.19. The molecule has 2 nitrogen and oxygen atoms in total. The Kier molecular flexibility index (Phi) is 3.19. The van der Waals surface area contributed by atoms with Crippen LogP contribution in [0.3, 0.4) is 0 Å². The molecule has 0 aromatic heterocycles. The van der Waals surface area contributed by atoms with E-state index in [1.54, 1.807) is 19.1 Å². The second-order valence-corrected chi connectivity index (χ2v) is 4.42. The molecule has 0 amide bonds. The van der Waals surface area contributed by atoms with Gasteiger partial charge in [-0.15, -0.1) is 11.6 Å². The van der Waals surface area contributed by atoms with Crippen molar-refractivity contribution < 1.29 is 13.9 Å². The van der Waals surface area contributed by atoms with Gasteiger partial charge in [-0.1, -0.05) is 6.07 Å². The molecule has 1 aliphatic heterocycles. The minimum atomic E-state index is -0.808. The summed E-state index contributed by atoms with van der Waals surface area (Å²) >= 11 is 5.71. The number of benzene rings is 1. The quantitative estimate of drug-likeness (QED) is 0.745. The maximum atomic E-state index is 13.2. The smallest absolute Gasteiger partial charge is 0.192 e. The predicted molar refractivity (Wildman–Crippen MR) is 60.0 cm³/mol. The van der Waals surface area contributed by atoms with Crippen LogP contribution < -0.4 is 0 Å². The summed E-state index contributed by atoms with van der Waals surface area (Å²) < 4.78 is 24.4. The van der Waals surface area contributed by atoms with Gasteiger partial charge in [0, 0.05) is 5.56 Å². The first kappa shape index (κ1) is 11.8. The molecule has 2 unspecified atom stereocenters. The lowest BCUT2D eigenvalue weighted by Crippen LogP contribution is -2.24. The number of ether oxygens (including phenoxy) is 2. The summed E-state index contributed by atoms with van der Waals surface area (Å²) in [7, 11) is 0. The lowest BCUT2D eigenvalue weighted by Gasteiger charge is -2.24. The van der Waals surface area contributed by atoms with E-state index in [1.807, 2.05) is 6.92 Å².